The number of anilines is 1. The molecule has 0 fully saturated rings. The summed E-state index contributed by atoms with van der Waals surface area (Å²) in [5, 5.41) is 0. The predicted molar refractivity (Wildman–Crippen MR) is 99.2 cm³/mol. The molecule has 138 valence electrons. The zero-order valence-electron chi connectivity index (χ0n) is 14.0. The Morgan fingerprint density at radius 1 is 1.07 bits per heavy atom. The predicted octanol–water partition coefficient (Wildman–Crippen LogP) is 4.88. The fourth-order valence-electron chi connectivity index (χ4n) is 3.10. The van der Waals surface area contributed by atoms with E-state index in [9.17, 15) is 13.2 Å². The lowest BCUT2D eigenvalue weighted by molar-refractivity contribution is -0.141. The topological polar surface area (TPSA) is 41.9 Å². The van der Waals surface area contributed by atoms with Crippen LogP contribution in [-0.2, 0) is 19.1 Å². The number of benzene rings is 1. The summed E-state index contributed by atoms with van der Waals surface area (Å²) in [6, 6.07) is 10.2. The number of fused-ring (bicyclic) bond motifs is 1. The molecule has 27 heavy (non-hydrogen) atoms. The van der Waals surface area contributed by atoms with Crippen molar-refractivity contribution in [2.75, 3.05) is 11.4 Å². The zero-order chi connectivity index (χ0) is 19.0. The molecule has 0 saturated carbocycles. The highest BCUT2D eigenvalue weighted by Crippen LogP contribution is 2.34. The third-order valence-corrected chi connectivity index (χ3v) is 5.21. The summed E-state index contributed by atoms with van der Waals surface area (Å²) >= 11 is 3.53. The SMILES string of the molecule is FC(F)(F)c1cc(N2CCc3cccc(Br)c3C2)nc(-c2cccnc2)n1. The van der Waals surface area contributed by atoms with Crippen LogP contribution in [-0.4, -0.2) is 21.5 Å². The lowest BCUT2D eigenvalue weighted by atomic mass is 10.00. The first-order chi connectivity index (χ1) is 12.9. The number of alkyl halides is 3. The van der Waals surface area contributed by atoms with Crippen molar-refractivity contribution >= 4 is 21.7 Å². The highest BCUT2D eigenvalue weighted by molar-refractivity contribution is 9.10. The van der Waals surface area contributed by atoms with E-state index in [0.717, 1.165) is 22.5 Å². The maximum atomic E-state index is 13.4. The van der Waals surface area contributed by atoms with Crippen LogP contribution in [0, 0.1) is 0 Å². The zero-order valence-corrected chi connectivity index (χ0v) is 15.6. The summed E-state index contributed by atoms with van der Waals surface area (Å²) in [5.41, 5.74) is 1.75. The van der Waals surface area contributed by atoms with Gasteiger partial charge in [0.05, 0.1) is 0 Å². The molecular formula is C19H14BrF3N4. The van der Waals surface area contributed by atoms with Crippen LogP contribution in [0.3, 0.4) is 0 Å². The molecule has 3 aromatic rings. The van der Waals surface area contributed by atoms with Crippen LogP contribution < -0.4 is 4.90 Å². The van der Waals surface area contributed by atoms with Crippen LogP contribution in [0.1, 0.15) is 16.8 Å². The lowest BCUT2D eigenvalue weighted by Crippen LogP contribution is -2.32. The minimum Gasteiger partial charge on any atom is -0.352 e. The molecule has 1 aliphatic rings. The summed E-state index contributed by atoms with van der Waals surface area (Å²) in [7, 11) is 0. The Morgan fingerprint density at radius 3 is 2.67 bits per heavy atom. The molecule has 8 heteroatoms. The van der Waals surface area contributed by atoms with E-state index in [4.69, 9.17) is 0 Å². The van der Waals surface area contributed by atoms with Crippen LogP contribution >= 0.6 is 15.9 Å². The number of pyridine rings is 1. The van der Waals surface area contributed by atoms with Gasteiger partial charge in [-0.05, 0) is 35.7 Å². The number of rotatable bonds is 2. The van der Waals surface area contributed by atoms with Gasteiger partial charge in [0.25, 0.3) is 0 Å². The summed E-state index contributed by atoms with van der Waals surface area (Å²) in [6.07, 6.45) is -0.802. The van der Waals surface area contributed by atoms with Crippen molar-refractivity contribution in [1.29, 1.82) is 0 Å². The number of aromatic nitrogens is 3. The molecule has 1 aliphatic heterocycles. The highest BCUT2D eigenvalue weighted by Gasteiger charge is 2.34. The molecule has 3 heterocycles. The molecule has 4 rings (SSSR count). The second-order valence-corrected chi connectivity index (χ2v) is 7.08. The van der Waals surface area contributed by atoms with Gasteiger partial charge in [0.2, 0.25) is 0 Å². The Bertz CT molecular complexity index is 976. The van der Waals surface area contributed by atoms with E-state index in [1.165, 1.54) is 11.8 Å². The standard InChI is InChI=1S/C19H14BrF3N4/c20-15-5-1-3-12-6-8-27(11-14(12)15)17-9-16(19(21,22)23)25-18(26-17)13-4-2-7-24-10-13/h1-5,7,9-10H,6,8,11H2. The van der Waals surface area contributed by atoms with E-state index in [-0.39, 0.29) is 11.6 Å². The summed E-state index contributed by atoms with van der Waals surface area (Å²) in [5.74, 6) is 0.281. The smallest absolute Gasteiger partial charge is 0.352 e. The first kappa shape index (κ1) is 17.9. The molecule has 0 amide bonds. The van der Waals surface area contributed by atoms with Gasteiger partial charge in [-0.15, -0.1) is 0 Å². The van der Waals surface area contributed by atoms with Crippen molar-refractivity contribution in [2.45, 2.75) is 19.1 Å². The molecule has 0 saturated heterocycles. The number of hydrogen-bond acceptors (Lipinski definition) is 4. The van der Waals surface area contributed by atoms with Crippen molar-refractivity contribution in [2.24, 2.45) is 0 Å². The number of hydrogen-bond donors (Lipinski definition) is 0. The first-order valence-electron chi connectivity index (χ1n) is 8.30. The quantitative estimate of drug-likeness (QED) is 0.576. The van der Waals surface area contributed by atoms with Gasteiger partial charge in [0.15, 0.2) is 11.5 Å². The second kappa shape index (κ2) is 6.92. The molecule has 4 nitrogen and oxygen atoms in total. The van der Waals surface area contributed by atoms with E-state index in [2.05, 4.69) is 30.9 Å². The van der Waals surface area contributed by atoms with Gasteiger partial charge in [0.1, 0.15) is 5.82 Å². The Morgan fingerprint density at radius 2 is 1.93 bits per heavy atom. The summed E-state index contributed by atoms with van der Waals surface area (Å²) in [6.45, 7) is 1.07. The van der Waals surface area contributed by atoms with Gasteiger partial charge < -0.3 is 4.90 Å². The highest BCUT2D eigenvalue weighted by atomic mass is 79.9. The fraction of sp³-hybridized carbons (Fsp3) is 0.211. The maximum Gasteiger partial charge on any atom is 0.433 e. The van der Waals surface area contributed by atoms with Crippen LogP contribution in [0.25, 0.3) is 11.4 Å². The average Bonchev–Trinajstić information content (AvgIpc) is 2.68. The Kier molecular flexibility index (Phi) is 4.59. The van der Waals surface area contributed by atoms with E-state index in [0.29, 0.717) is 18.7 Å². The molecule has 0 radical (unpaired) electrons. The van der Waals surface area contributed by atoms with Gasteiger partial charge in [0, 0.05) is 41.6 Å². The molecule has 0 atom stereocenters. The largest absolute Gasteiger partial charge is 0.433 e. The van der Waals surface area contributed by atoms with E-state index in [1.54, 1.807) is 18.3 Å². The van der Waals surface area contributed by atoms with E-state index < -0.39 is 11.9 Å². The Balaban J connectivity index is 1.78. The average molecular weight is 435 g/mol. The lowest BCUT2D eigenvalue weighted by Gasteiger charge is -2.31. The van der Waals surface area contributed by atoms with Crippen LogP contribution in [0.5, 0.6) is 0 Å². The van der Waals surface area contributed by atoms with Crippen LogP contribution in [0.2, 0.25) is 0 Å². The molecule has 0 N–H and O–H groups in total. The molecule has 0 aliphatic carbocycles. The third kappa shape index (κ3) is 3.66. The summed E-state index contributed by atoms with van der Waals surface area (Å²) < 4.78 is 41.2. The van der Waals surface area contributed by atoms with Crippen molar-refractivity contribution in [1.82, 2.24) is 15.0 Å². The number of nitrogens with zero attached hydrogens (tertiary/aromatic N) is 4. The minimum atomic E-state index is -4.55. The molecule has 2 aromatic heterocycles. The van der Waals surface area contributed by atoms with Gasteiger partial charge in [-0.3, -0.25) is 4.98 Å². The molecule has 0 bridgehead atoms. The van der Waals surface area contributed by atoms with E-state index in [1.807, 2.05) is 23.1 Å². The van der Waals surface area contributed by atoms with Gasteiger partial charge in [-0.1, -0.05) is 28.1 Å². The maximum absolute atomic E-state index is 13.4. The molecule has 1 aromatic carbocycles. The Labute approximate surface area is 162 Å². The first-order valence-corrected chi connectivity index (χ1v) is 9.09. The van der Waals surface area contributed by atoms with Crippen molar-refractivity contribution in [3.05, 3.63) is 70.1 Å². The van der Waals surface area contributed by atoms with Crippen molar-refractivity contribution in [3.8, 4) is 11.4 Å². The van der Waals surface area contributed by atoms with Gasteiger partial charge in [-0.25, -0.2) is 9.97 Å². The summed E-state index contributed by atoms with van der Waals surface area (Å²) in [4.78, 5) is 13.9. The molecule has 0 unspecified atom stereocenters. The minimum absolute atomic E-state index is 0.0193. The fourth-order valence-corrected chi connectivity index (χ4v) is 3.63. The Hall–Kier alpha value is -2.48. The van der Waals surface area contributed by atoms with Gasteiger partial charge >= 0.3 is 6.18 Å². The van der Waals surface area contributed by atoms with Crippen LogP contribution in [0.15, 0.2) is 53.3 Å². The normalized spacial score (nSPS) is 14.1. The van der Waals surface area contributed by atoms with E-state index >= 15 is 0 Å². The monoisotopic (exact) mass is 434 g/mol. The molecule has 0 spiro atoms. The number of halogens is 4. The van der Waals surface area contributed by atoms with Crippen molar-refractivity contribution in [3.63, 3.8) is 0 Å². The van der Waals surface area contributed by atoms with Crippen LogP contribution in [0.4, 0.5) is 19.0 Å². The van der Waals surface area contributed by atoms with Crippen molar-refractivity contribution < 1.29 is 13.2 Å². The van der Waals surface area contributed by atoms with Gasteiger partial charge in [-0.2, -0.15) is 13.2 Å². The third-order valence-electron chi connectivity index (χ3n) is 4.46. The molecular weight excluding hydrogens is 421 g/mol. The second-order valence-electron chi connectivity index (χ2n) is 6.22.